The molecule has 1 N–H and O–H groups in total. The molecule has 0 aliphatic heterocycles. The van der Waals surface area contributed by atoms with Crippen molar-refractivity contribution in [1.29, 1.82) is 0 Å². The maximum atomic E-state index is 13.5. The number of carbonyl (C=O) groups is 2. The van der Waals surface area contributed by atoms with E-state index in [0.717, 1.165) is 24.0 Å². The smallest absolute Gasteiger partial charge is 0.271 e. The van der Waals surface area contributed by atoms with Gasteiger partial charge in [0.1, 0.15) is 12.0 Å². The van der Waals surface area contributed by atoms with Crippen LogP contribution >= 0.6 is 11.3 Å². The minimum absolute atomic E-state index is 0.125. The molecule has 1 aliphatic carbocycles. The number of nitrogens with zero attached hydrogens (tertiary/aromatic N) is 3. The van der Waals surface area contributed by atoms with E-state index in [4.69, 9.17) is 4.79 Å². The lowest BCUT2D eigenvalue weighted by atomic mass is 9.93. The normalized spacial score (nSPS) is 13.3. The molecule has 0 saturated heterocycles. The number of aldehydes is 1. The summed E-state index contributed by atoms with van der Waals surface area (Å²) in [6.07, 6.45) is 4.00. The van der Waals surface area contributed by atoms with Gasteiger partial charge in [0.25, 0.3) is 5.91 Å². The van der Waals surface area contributed by atoms with Crippen LogP contribution in [-0.2, 0) is 4.79 Å². The molecule has 1 amide bonds. The lowest BCUT2D eigenvalue weighted by molar-refractivity contribution is -0.106. The number of hydrogen-bond donors (Lipinski definition) is 1. The highest BCUT2D eigenvalue weighted by atomic mass is 32.1. The Kier molecular flexibility index (Phi) is 6.79. The zero-order chi connectivity index (χ0) is 19.3. The Morgan fingerprint density at radius 3 is 2.54 bits per heavy atom. The molecule has 8 heteroatoms. The number of anilines is 2. The number of pyridine rings is 1. The van der Waals surface area contributed by atoms with Gasteiger partial charge in [-0.15, -0.1) is 11.3 Å². The van der Waals surface area contributed by atoms with Gasteiger partial charge in [0.2, 0.25) is 5.95 Å². The van der Waals surface area contributed by atoms with E-state index in [-0.39, 0.29) is 11.9 Å². The summed E-state index contributed by atoms with van der Waals surface area (Å²) in [5, 5.41) is 3.66. The molecule has 0 aromatic carbocycles. The van der Waals surface area contributed by atoms with Crippen LogP contribution in [0.1, 0.15) is 47.2 Å². The molecule has 26 heavy (non-hydrogen) atoms. The molecule has 140 valence electrons. The Hall–Kier alpha value is -2.35. The second kappa shape index (κ2) is 8.84. The first-order valence-corrected chi connectivity index (χ1v) is 9.23. The van der Waals surface area contributed by atoms with Gasteiger partial charge in [0, 0.05) is 35.4 Å². The van der Waals surface area contributed by atoms with Gasteiger partial charge in [-0.3, -0.25) is 4.79 Å². The molecule has 0 spiro atoms. The fourth-order valence-electron chi connectivity index (χ4n) is 2.46. The third-order valence-electron chi connectivity index (χ3n) is 4.02. The van der Waals surface area contributed by atoms with Gasteiger partial charge in [-0.2, -0.15) is 4.39 Å². The van der Waals surface area contributed by atoms with Gasteiger partial charge in [-0.1, -0.05) is 0 Å². The average molecular weight is 378 g/mol. The first kappa shape index (κ1) is 20.0. The number of amides is 1. The number of thiazole rings is 1. The average Bonchev–Trinajstić information content (AvgIpc) is 2.92. The van der Waals surface area contributed by atoms with E-state index in [2.05, 4.69) is 15.3 Å². The minimum atomic E-state index is -0.525. The Bertz CT molecular complexity index is 769. The highest BCUT2D eigenvalue weighted by Crippen LogP contribution is 2.31. The van der Waals surface area contributed by atoms with E-state index >= 15 is 0 Å². The van der Waals surface area contributed by atoms with Gasteiger partial charge in [0.15, 0.2) is 5.13 Å². The summed E-state index contributed by atoms with van der Waals surface area (Å²) in [5.74, 6) is -0.650. The highest BCUT2D eigenvalue weighted by Gasteiger charge is 2.24. The maximum absolute atomic E-state index is 13.5. The van der Waals surface area contributed by atoms with E-state index in [0.29, 0.717) is 22.2 Å². The summed E-state index contributed by atoms with van der Waals surface area (Å²) in [6, 6.07) is 3.42. The largest absolute Gasteiger partial charge is 0.348 e. The SMILES string of the molecule is CC=O.Cc1cc(N(C)c2nc(C(=O)NC3CCC3)c(C)s2)cc(F)n1. The zero-order valence-corrected chi connectivity index (χ0v) is 16.2. The highest BCUT2D eigenvalue weighted by molar-refractivity contribution is 7.15. The number of aromatic nitrogens is 2. The fourth-order valence-corrected chi connectivity index (χ4v) is 3.35. The number of rotatable bonds is 4. The van der Waals surface area contributed by atoms with Crippen molar-refractivity contribution in [2.45, 2.75) is 46.1 Å². The van der Waals surface area contributed by atoms with Crippen molar-refractivity contribution in [3.8, 4) is 0 Å². The van der Waals surface area contributed by atoms with Crippen LogP contribution in [-0.4, -0.2) is 35.3 Å². The predicted octanol–water partition coefficient (Wildman–Crippen LogP) is 3.55. The Labute approximate surface area is 156 Å². The van der Waals surface area contributed by atoms with Crippen molar-refractivity contribution in [1.82, 2.24) is 15.3 Å². The van der Waals surface area contributed by atoms with E-state index in [1.165, 1.54) is 30.7 Å². The third kappa shape index (κ3) is 4.85. The Morgan fingerprint density at radius 1 is 1.35 bits per heavy atom. The predicted molar refractivity (Wildman–Crippen MR) is 101 cm³/mol. The second-order valence-electron chi connectivity index (χ2n) is 6.09. The standard InChI is InChI=1S/C16H19FN4OS.C2H4O/c1-9-7-12(8-13(17)18-9)21(3)16-20-14(10(2)23-16)15(22)19-11-5-4-6-11;1-2-3/h7-8,11H,4-6H2,1-3H3,(H,19,22);2H,1H3. The van der Waals surface area contributed by atoms with Gasteiger partial charge in [-0.25, -0.2) is 9.97 Å². The molecule has 2 heterocycles. The summed E-state index contributed by atoms with van der Waals surface area (Å²) in [4.78, 5) is 31.9. The summed E-state index contributed by atoms with van der Waals surface area (Å²) in [7, 11) is 1.81. The number of halogens is 1. The molecule has 0 radical (unpaired) electrons. The molecular weight excluding hydrogens is 355 g/mol. The quantitative estimate of drug-likeness (QED) is 0.650. The van der Waals surface area contributed by atoms with E-state index < -0.39 is 5.95 Å². The molecule has 1 fully saturated rings. The monoisotopic (exact) mass is 378 g/mol. The van der Waals surface area contributed by atoms with Gasteiger partial charge in [0.05, 0.1) is 0 Å². The van der Waals surface area contributed by atoms with Gasteiger partial charge >= 0.3 is 0 Å². The summed E-state index contributed by atoms with van der Waals surface area (Å²) in [5.41, 5.74) is 1.72. The van der Waals surface area contributed by atoms with Crippen LogP contribution in [0.15, 0.2) is 12.1 Å². The second-order valence-corrected chi connectivity index (χ2v) is 7.27. The van der Waals surface area contributed by atoms with E-state index in [1.54, 1.807) is 24.9 Å². The van der Waals surface area contributed by atoms with Gasteiger partial charge in [-0.05, 0) is 46.1 Å². The number of aryl methyl sites for hydroxylation is 2. The molecular formula is C18H23FN4O2S. The molecule has 1 saturated carbocycles. The first-order valence-electron chi connectivity index (χ1n) is 8.41. The molecule has 2 aromatic heterocycles. The minimum Gasteiger partial charge on any atom is -0.348 e. The molecule has 0 atom stereocenters. The number of nitrogens with one attached hydrogen (secondary N) is 1. The summed E-state index contributed by atoms with van der Waals surface area (Å²) >= 11 is 1.42. The van der Waals surface area contributed by atoms with Crippen LogP contribution in [0.3, 0.4) is 0 Å². The number of hydrogen-bond acceptors (Lipinski definition) is 6. The maximum Gasteiger partial charge on any atom is 0.271 e. The van der Waals surface area contributed by atoms with Crippen LogP contribution in [0.5, 0.6) is 0 Å². The van der Waals surface area contributed by atoms with Crippen molar-refractivity contribution in [3.05, 3.63) is 34.3 Å². The summed E-state index contributed by atoms with van der Waals surface area (Å²) in [6.45, 7) is 5.06. The van der Waals surface area contributed by atoms with Crippen LogP contribution in [0, 0.1) is 19.8 Å². The Balaban J connectivity index is 0.000000758. The first-order chi connectivity index (χ1) is 12.3. The van der Waals surface area contributed by atoms with Crippen LogP contribution in [0.25, 0.3) is 0 Å². The van der Waals surface area contributed by atoms with Crippen molar-refractivity contribution in [2.75, 3.05) is 11.9 Å². The van der Waals surface area contributed by atoms with Crippen molar-refractivity contribution < 1.29 is 14.0 Å². The summed E-state index contributed by atoms with van der Waals surface area (Å²) < 4.78 is 13.5. The third-order valence-corrected chi connectivity index (χ3v) is 5.07. The Morgan fingerprint density at radius 2 is 2.00 bits per heavy atom. The van der Waals surface area contributed by atoms with Gasteiger partial charge < -0.3 is 15.0 Å². The lowest BCUT2D eigenvalue weighted by Gasteiger charge is -2.26. The van der Waals surface area contributed by atoms with Crippen molar-refractivity contribution in [2.24, 2.45) is 0 Å². The molecule has 3 rings (SSSR count). The molecule has 6 nitrogen and oxygen atoms in total. The fraction of sp³-hybridized carbons (Fsp3) is 0.444. The molecule has 1 aliphatic rings. The molecule has 0 bridgehead atoms. The van der Waals surface area contributed by atoms with Crippen LogP contribution in [0.2, 0.25) is 0 Å². The van der Waals surface area contributed by atoms with Crippen molar-refractivity contribution in [3.63, 3.8) is 0 Å². The van der Waals surface area contributed by atoms with E-state index in [9.17, 15) is 9.18 Å². The molecule has 2 aromatic rings. The van der Waals surface area contributed by atoms with E-state index in [1.807, 2.05) is 6.92 Å². The number of carbonyl (C=O) groups excluding carboxylic acids is 2. The van der Waals surface area contributed by atoms with Crippen molar-refractivity contribution >= 4 is 34.3 Å². The zero-order valence-electron chi connectivity index (χ0n) is 15.4. The topological polar surface area (TPSA) is 75.2 Å². The van der Waals surface area contributed by atoms with Crippen LogP contribution < -0.4 is 10.2 Å². The van der Waals surface area contributed by atoms with Crippen LogP contribution in [0.4, 0.5) is 15.2 Å². The lowest BCUT2D eigenvalue weighted by Crippen LogP contribution is -2.39. The molecule has 0 unspecified atom stereocenters.